The first kappa shape index (κ1) is 15.7. The SMILES string of the molecule is CCCCC(C)=O.COc1ccc(C)c(C)c1. The second-order valence-corrected chi connectivity index (χ2v) is 4.26. The molecule has 0 N–H and O–H groups in total. The number of ether oxygens (including phenoxy) is 1. The lowest BCUT2D eigenvalue weighted by Gasteiger charge is -2.02. The summed E-state index contributed by atoms with van der Waals surface area (Å²) in [6.45, 7) is 7.89. The Kier molecular flexibility index (Phi) is 8.12. The van der Waals surface area contributed by atoms with E-state index in [1.807, 2.05) is 12.1 Å². The van der Waals surface area contributed by atoms with E-state index in [-0.39, 0.29) is 0 Å². The van der Waals surface area contributed by atoms with Crippen molar-refractivity contribution in [2.24, 2.45) is 0 Å². The normalized spacial score (nSPS) is 9.24. The summed E-state index contributed by atoms with van der Waals surface area (Å²) >= 11 is 0. The van der Waals surface area contributed by atoms with Crippen molar-refractivity contribution in [2.75, 3.05) is 7.11 Å². The van der Waals surface area contributed by atoms with Crippen LogP contribution in [0, 0.1) is 13.8 Å². The maximum atomic E-state index is 10.2. The number of carbonyl (C=O) groups is 1. The highest BCUT2D eigenvalue weighted by Crippen LogP contribution is 2.15. The van der Waals surface area contributed by atoms with Crippen LogP contribution in [0.4, 0.5) is 0 Å². The number of unbranched alkanes of at least 4 members (excludes halogenated alkanes) is 1. The Bertz CT molecular complexity index is 343. The van der Waals surface area contributed by atoms with Gasteiger partial charge in [0.05, 0.1) is 7.11 Å². The lowest BCUT2D eigenvalue weighted by Crippen LogP contribution is -1.86. The Hall–Kier alpha value is -1.31. The van der Waals surface area contributed by atoms with Gasteiger partial charge in [-0.3, -0.25) is 0 Å². The fourth-order valence-electron chi connectivity index (χ4n) is 1.27. The summed E-state index contributed by atoms with van der Waals surface area (Å²) in [5, 5.41) is 0. The van der Waals surface area contributed by atoms with Crippen LogP contribution < -0.4 is 4.74 Å². The number of rotatable bonds is 4. The van der Waals surface area contributed by atoms with E-state index in [1.165, 1.54) is 11.1 Å². The molecule has 96 valence electrons. The largest absolute Gasteiger partial charge is 0.497 e. The topological polar surface area (TPSA) is 26.3 Å². The summed E-state index contributed by atoms with van der Waals surface area (Å²) in [5.74, 6) is 1.24. The van der Waals surface area contributed by atoms with Crippen LogP contribution in [-0.2, 0) is 4.79 Å². The van der Waals surface area contributed by atoms with Gasteiger partial charge in [-0.05, 0) is 50.5 Å². The molecule has 0 spiro atoms. The predicted octanol–water partition coefficient (Wildman–Crippen LogP) is 4.08. The summed E-state index contributed by atoms with van der Waals surface area (Å²) in [7, 11) is 1.68. The first-order valence-corrected chi connectivity index (χ1v) is 6.12. The first-order chi connectivity index (χ1) is 8.01. The van der Waals surface area contributed by atoms with E-state index in [1.54, 1.807) is 14.0 Å². The lowest BCUT2D eigenvalue weighted by atomic mass is 10.1. The molecule has 0 amide bonds. The van der Waals surface area contributed by atoms with Gasteiger partial charge in [0, 0.05) is 6.42 Å². The minimum atomic E-state index is 0.307. The van der Waals surface area contributed by atoms with Gasteiger partial charge >= 0.3 is 0 Å². The van der Waals surface area contributed by atoms with Crippen molar-refractivity contribution in [2.45, 2.75) is 47.0 Å². The zero-order valence-corrected chi connectivity index (χ0v) is 11.7. The monoisotopic (exact) mass is 236 g/mol. The average molecular weight is 236 g/mol. The van der Waals surface area contributed by atoms with E-state index in [2.05, 4.69) is 26.8 Å². The molecule has 0 radical (unpaired) electrons. The van der Waals surface area contributed by atoms with Crippen LogP contribution in [0.1, 0.15) is 44.2 Å². The van der Waals surface area contributed by atoms with Gasteiger partial charge in [-0.15, -0.1) is 0 Å². The molecule has 0 fully saturated rings. The van der Waals surface area contributed by atoms with Gasteiger partial charge in [0.1, 0.15) is 11.5 Å². The maximum Gasteiger partial charge on any atom is 0.129 e. The number of aryl methyl sites for hydroxylation is 2. The van der Waals surface area contributed by atoms with E-state index >= 15 is 0 Å². The molecule has 0 bridgehead atoms. The molecule has 0 heterocycles. The van der Waals surface area contributed by atoms with Gasteiger partial charge in [0.2, 0.25) is 0 Å². The number of ketones is 1. The van der Waals surface area contributed by atoms with Crippen LogP contribution in [0.25, 0.3) is 0 Å². The second kappa shape index (κ2) is 8.80. The predicted molar refractivity (Wildman–Crippen MR) is 72.7 cm³/mol. The van der Waals surface area contributed by atoms with Crippen molar-refractivity contribution < 1.29 is 9.53 Å². The molecule has 0 saturated carbocycles. The van der Waals surface area contributed by atoms with E-state index in [9.17, 15) is 4.79 Å². The number of hydrogen-bond acceptors (Lipinski definition) is 2. The number of benzene rings is 1. The van der Waals surface area contributed by atoms with Gasteiger partial charge in [0.25, 0.3) is 0 Å². The van der Waals surface area contributed by atoms with Crippen molar-refractivity contribution in [3.05, 3.63) is 29.3 Å². The molecule has 0 aliphatic rings. The van der Waals surface area contributed by atoms with Crippen molar-refractivity contribution in [3.8, 4) is 5.75 Å². The third-order valence-electron chi connectivity index (χ3n) is 2.60. The molecule has 1 aromatic carbocycles. The fraction of sp³-hybridized carbons (Fsp3) is 0.533. The highest BCUT2D eigenvalue weighted by Gasteiger charge is 1.93. The van der Waals surface area contributed by atoms with Crippen molar-refractivity contribution >= 4 is 5.78 Å². The van der Waals surface area contributed by atoms with Crippen LogP contribution in [0.5, 0.6) is 5.75 Å². The average Bonchev–Trinajstić information content (AvgIpc) is 2.31. The number of carbonyl (C=O) groups excluding carboxylic acids is 1. The summed E-state index contributed by atoms with van der Waals surface area (Å²) in [5.41, 5.74) is 2.58. The molecule has 0 aromatic heterocycles. The fourth-order valence-corrected chi connectivity index (χ4v) is 1.27. The van der Waals surface area contributed by atoms with Crippen LogP contribution in [0.3, 0.4) is 0 Å². The Labute approximate surface area is 105 Å². The number of Topliss-reactive ketones (excluding diaryl/α,β-unsaturated/α-hetero) is 1. The molecule has 0 unspecified atom stereocenters. The van der Waals surface area contributed by atoms with E-state index in [0.717, 1.165) is 25.0 Å². The summed E-state index contributed by atoms with van der Waals surface area (Å²) < 4.78 is 5.05. The molecule has 1 rings (SSSR count). The second-order valence-electron chi connectivity index (χ2n) is 4.26. The quantitative estimate of drug-likeness (QED) is 0.787. The lowest BCUT2D eigenvalue weighted by molar-refractivity contribution is -0.117. The molecule has 17 heavy (non-hydrogen) atoms. The minimum Gasteiger partial charge on any atom is -0.497 e. The van der Waals surface area contributed by atoms with Crippen LogP contribution in [0.2, 0.25) is 0 Å². The number of methoxy groups -OCH3 is 1. The summed E-state index contributed by atoms with van der Waals surface area (Å²) in [6.07, 6.45) is 2.94. The molecular formula is C15H24O2. The van der Waals surface area contributed by atoms with Gasteiger partial charge in [0.15, 0.2) is 0 Å². The standard InChI is InChI=1S/C9H12O.C6H12O/c1-7-4-5-9(10-3)6-8(7)2;1-3-4-5-6(2)7/h4-6H,1-3H3;3-5H2,1-2H3. The molecule has 0 aliphatic carbocycles. The number of hydrogen-bond donors (Lipinski definition) is 0. The molecule has 2 heteroatoms. The highest BCUT2D eigenvalue weighted by atomic mass is 16.5. The Morgan fingerprint density at radius 2 is 1.88 bits per heavy atom. The molecular weight excluding hydrogens is 212 g/mol. The highest BCUT2D eigenvalue weighted by molar-refractivity contribution is 5.75. The molecule has 0 saturated heterocycles. The molecule has 0 atom stereocenters. The van der Waals surface area contributed by atoms with E-state index < -0.39 is 0 Å². The van der Waals surface area contributed by atoms with Gasteiger partial charge in [-0.1, -0.05) is 19.4 Å². The Balaban J connectivity index is 0.000000325. The third kappa shape index (κ3) is 7.56. The van der Waals surface area contributed by atoms with Crippen LogP contribution in [-0.4, -0.2) is 12.9 Å². The third-order valence-corrected chi connectivity index (χ3v) is 2.60. The Morgan fingerprint density at radius 3 is 2.24 bits per heavy atom. The summed E-state index contributed by atoms with van der Waals surface area (Å²) in [6, 6.07) is 6.08. The van der Waals surface area contributed by atoms with Gasteiger partial charge in [-0.2, -0.15) is 0 Å². The van der Waals surface area contributed by atoms with Crippen molar-refractivity contribution in [3.63, 3.8) is 0 Å². The molecule has 0 aliphatic heterocycles. The summed E-state index contributed by atoms with van der Waals surface area (Å²) in [4.78, 5) is 10.2. The van der Waals surface area contributed by atoms with Crippen molar-refractivity contribution in [1.29, 1.82) is 0 Å². The first-order valence-electron chi connectivity index (χ1n) is 6.12. The maximum absolute atomic E-state index is 10.2. The van der Waals surface area contributed by atoms with E-state index in [0.29, 0.717) is 5.78 Å². The zero-order valence-electron chi connectivity index (χ0n) is 11.7. The van der Waals surface area contributed by atoms with E-state index in [4.69, 9.17) is 4.74 Å². The molecule has 2 nitrogen and oxygen atoms in total. The minimum absolute atomic E-state index is 0.307. The molecule has 1 aromatic rings. The van der Waals surface area contributed by atoms with Crippen molar-refractivity contribution in [1.82, 2.24) is 0 Å². The Morgan fingerprint density at radius 1 is 1.24 bits per heavy atom. The smallest absolute Gasteiger partial charge is 0.129 e. The van der Waals surface area contributed by atoms with Gasteiger partial charge < -0.3 is 9.53 Å². The zero-order chi connectivity index (χ0) is 13.3. The van der Waals surface area contributed by atoms with Gasteiger partial charge in [-0.25, -0.2) is 0 Å². The van der Waals surface area contributed by atoms with Crippen LogP contribution in [0.15, 0.2) is 18.2 Å². The van der Waals surface area contributed by atoms with Crippen LogP contribution >= 0.6 is 0 Å².